The molecule has 1 aliphatic rings. The summed E-state index contributed by atoms with van der Waals surface area (Å²) in [6.45, 7) is 8.49. The highest BCUT2D eigenvalue weighted by atomic mass is 19.1. The Morgan fingerprint density at radius 2 is 1.68 bits per heavy atom. The molecule has 0 aromatic heterocycles. The lowest BCUT2D eigenvalue weighted by Crippen LogP contribution is -2.44. The van der Waals surface area contributed by atoms with E-state index in [0.29, 0.717) is 6.61 Å². The van der Waals surface area contributed by atoms with Crippen molar-refractivity contribution in [1.82, 2.24) is 0 Å². The number of aryl methyl sites for hydroxylation is 2. The molecule has 1 fully saturated rings. The Morgan fingerprint density at radius 3 is 2.18 bits per heavy atom. The second-order valence-corrected chi connectivity index (χ2v) is 6.53. The van der Waals surface area contributed by atoms with E-state index in [0.717, 1.165) is 41.2 Å². The summed E-state index contributed by atoms with van der Waals surface area (Å²) >= 11 is 0. The molecule has 0 bridgehead atoms. The summed E-state index contributed by atoms with van der Waals surface area (Å²) in [4.78, 5) is 0. The molecule has 2 aromatic rings. The first-order valence-electron chi connectivity index (χ1n) is 7.55. The molecular formula is C19H21FO2. The highest BCUT2D eigenvalue weighted by Gasteiger charge is 2.34. The van der Waals surface area contributed by atoms with E-state index in [2.05, 4.69) is 32.9 Å². The molecule has 116 valence electrons. The normalized spacial score (nSPS) is 16.2. The Kier molecular flexibility index (Phi) is 3.92. The molecule has 0 N–H and O–H groups in total. The van der Waals surface area contributed by atoms with Crippen molar-refractivity contribution in [2.75, 3.05) is 19.8 Å². The summed E-state index contributed by atoms with van der Waals surface area (Å²) in [5, 5.41) is 0. The van der Waals surface area contributed by atoms with Crippen molar-refractivity contribution in [2.24, 2.45) is 5.41 Å². The number of benzene rings is 2. The van der Waals surface area contributed by atoms with Gasteiger partial charge < -0.3 is 9.47 Å². The van der Waals surface area contributed by atoms with Crippen LogP contribution in [0.4, 0.5) is 4.39 Å². The van der Waals surface area contributed by atoms with Gasteiger partial charge in [0.15, 0.2) is 0 Å². The van der Waals surface area contributed by atoms with E-state index in [4.69, 9.17) is 9.47 Å². The molecule has 0 amide bonds. The van der Waals surface area contributed by atoms with Gasteiger partial charge in [-0.25, -0.2) is 4.39 Å². The van der Waals surface area contributed by atoms with Gasteiger partial charge >= 0.3 is 0 Å². The molecule has 0 atom stereocenters. The minimum Gasteiger partial charge on any atom is -0.493 e. The molecule has 0 spiro atoms. The van der Waals surface area contributed by atoms with Gasteiger partial charge in [-0.3, -0.25) is 0 Å². The minimum absolute atomic E-state index is 0.136. The van der Waals surface area contributed by atoms with Gasteiger partial charge in [0.1, 0.15) is 11.6 Å². The van der Waals surface area contributed by atoms with Crippen LogP contribution in [0, 0.1) is 25.1 Å². The van der Waals surface area contributed by atoms with Crippen molar-refractivity contribution in [3.63, 3.8) is 0 Å². The first kappa shape index (κ1) is 15.0. The largest absolute Gasteiger partial charge is 0.493 e. The van der Waals surface area contributed by atoms with Crippen molar-refractivity contribution in [2.45, 2.75) is 20.8 Å². The third-order valence-electron chi connectivity index (χ3n) is 4.13. The van der Waals surface area contributed by atoms with E-state index >= 15 is 0 Å². The maximum absolute atomic E-state index is 13.1. The lowest BCUT2D eigenvalue weighted by Gasteiger charge is -2.37. The lowest BCUT2D eigenvalue weighted by molar-refractivity contribution is -0.120. The first-order chi connectivity index (χ1) is 10.5. The van der Waals surface area contributed by atoms with Gasteiger partial charge in [-0.05, 0) is 60.4 Å². The monoisotopic (exact) mass is 300 g/mol. The Balaban J connectivity index is 1.83. The molecule has 2 aromatic carbocycles. The summed E-state index contributed by atoms with van der Waals surface area (Å²) in [5.41, 5.74) is 4.58. The summed E-state index contributed by atoms with van der Waals surface area (Å²) in [5.74, 6) is 0.670. The van der Waals surface area contributed by atoms with E-state index in [9.17, 15) is 4.39 Å². The first-order valence-corrected chi connectivity index (χ1v) is 7.55. The predicted octanol–water partition coefficient (Wildman–Crippen LogP) is 4.52. The molecule has 3 heteroatoms. The van der Waals surface area contributed by atoms with Gasteiger partial charge in [0.2, 0.25) is 0 Å². The highest BCUT2D eigenvalue weighted by molar-refractivity contribution is 5.71. The molecule has 1 saturated heterocycles. The van der Waals surface area contributed by atoms with Crippen LogP contribution in [0.3, 0.4) is 0 Å². The van der Waals surface area contributed by atoms with E-state index in [1.165, 1.54) is 12.1 Å². The standard InChI is InChI=1S/C19H21FO2/c1-13-8-17(22-12-19(3)10-21-11-19)9-14(2)18(13)15-4-6-16(20)7-5-15/h4-9H,10-12H2,1-3H3. The maximum Gasteiger partial charge on any atom is 0.123 e. The van der Waals surface area contributed by atoms with E-state index in [1.54, 1.807) is 0 Å². The second-order valence-electron chi connectivity index (χ2n) is 6.53. The van der Waals surface area contributed by atoms with Crippen molar-refractivity contribution < 1.29 is 13.9 Å². The SMILES string of the molecule is Cc1cc(OCC2(C)COC2)cc(C)c1-c1ccc(F)cc1. The molecule has 0 saturated carbocycles. The molecule has 0 radical (unpaired) electrons. The van der Waals surface area contributed by atoms with Gasteiger partial charge in [-0.15, -0.1) is 0 Å². The smallest absolute Gasteiger partial charge is 0.123 e. The fraction of sp³-hybridized carbons (Fsp3) is 0.368. The predicted molar refractivity (Wildman–Crippen MR) is 85.7 cm³/mol. The van der Waals surface area contributed by atoms with Crippen molar-refractivity contribution in [3.8, 4) is 16.9 Å². The lowest BCUT2D eigenvalue weighted by atomic mass is 9.90. The minimum atomic E-state index is -0.213. The van der Waals surface area contributed by atoms with Crippen LogP contribution in [-0.2, 0) is 4.74 Å². The molecule has 2 nitrogen and oxygen atoms in total. The van der Waals surface area contributed by atoms with Gasteiger partial charge in [0.05, 0.1) is 19.8 Å². The second kappa shape index (κ2) is 5.73. The summed E-state index contributed by atoms with van der Waals surface area (Å²) in [7, 11) is 0. The van der Waals surface area contributed by atoms with Crippen LogP contribution in [0.5, 0.6) is 5.75 Å². The number of hydrogen-bond donors (Lipinski definition) is 0. The molecule has 3 rings (SSSR count). The van der Waals surface area contributed by atoms with Gasteiger partial charge in [-0.2, -0.15) is 0 Å². The molecule has 1 heterocycles. The molecule has 1 aliphatic heterocycles. The number of hydrogen-bond acceptors (Lipinski definition) is 2. The van der Waals surface area contributed by atoms with E-state index < -0.39 is 0 Å². The van der Waals surface area contributed by atoms with Crippen LogP contribution in [0.25, 0.3) is 11.1 Å². The third-order valence-corrected chi connectivity index (χ3v) is 4.13. The van der Waals surface area contributed by atoms with Crippen LogP contribution in [0.2, 0.25) is 0 Å². The van der Waals surface area contributed by atoms with E-state index in [1.807, 2.05) is 12.1 Å². The van der Waals surface area contributed by atoms with Gasteiger partial charge in [-0.1, -0.05) is 19.1 Å². The van der Waals surface area contributed by atoms with Gasteiger partial charge in [0.25, 0.3) is 0 Å². The summed E-state index contributed by atoms with van der Waals surface area (Å²) < 4.78 is 24.3. The zero-order valence-electron chi connectivity index (χ0n) is 13.3. The van der Waals surface area contributed by atoms with Crippen molar-refractivity contribution in [3.05, 3.63) is 53.3 Å². The zero-order valence-corrected chi connectivity index (χ0v) is 13.3. The van der Waals surface area contributed by atoms with E-state index in [-0.39, 0.29) is 11.2 Å². The summed E-state index contributed by atoms with van der Waals surface area (Å²) in [6.07, 6.45) is 0. The number of rotatable bonds is 4. The Morgan fingerprint density at radius 1 is 1.09 bits per heavy atom. The topological polar surface area (TPSA) is 18.5 Å². The Bertz CT molecular complexity index is 649. The van der Waals surface area contributed by atoms with Crippen molar-refractivity contribution in [1.29, 1.82) is 0 Å². The Labute approximate surface area is 130 Å². The fourth-order valence-corrected chi connectivity index (χ4v) is 2.87. The van der Waals surface area contributed by atoms with Crippen LogP contribution in [0.1, 0.15) is 18.1 Å². The summed E-state index contributed by atoms with van der Waals surface area (Å²) in [6, 6.07) is 10.7. The van der Waals surface area contributed by atoms with Gasteiger partial charge in [0, 0.05) is 5.41 Å². The zero-order chi connectivity index (χ0) is 15.7. The number of halogens is 1. The molecule has 22 heavy (non-hydrogen) atoms. The quantitative estimate of drug-likeness (QED) is 0.826. The van der Waals surface area contributed by atoms with Crippen molar-refractivity contribution >= 4 is 0 Å². The molecule has 0 unspecified atom stereocenters. The van der Waals surface area contributed by atoms with Crippen LogP contribution in [0.15, 0.2) is 36.4 Å². The average Bonchev–Trinajstić information content (AvgIpc) is 2.44. The third kappa shape index (κ3) is 3.00. The number of ether oxygens (including phenoxy) is 2. The maximum atomic E-state index is 13.1. The van der Waals surface area contributed by atoms with Crippen LogP contribution < -0.4 is 4.74 Å². The fourth-order valence-electron chi connectivity index (χ4n) is 2.87. The van der Waals surface area contributed by atoms with Crippen LogP contribution in [-0.4, -0.2) is 19.8 Å². The van der Waals surface area contributed by atoms with Crippen LogP contribution >= 0.6 is 0 Å². The molecule has 0 aliphatic carbocycles. The Hall–Kier alpha value is -1.87. The average molecular weight is 300 g/mol. The molecular weight excluding hydrogens is 279 g/mol. The highest BCUT2D eigenvalue weighted by Crippen LogP contribution is 2.33.